The van der Waals surface area contributed by atoms with Gasteiger partial charge in [-0.25, -0.2) is 14.2 Å². The highest BCUT2D eigenvalue weighted by Gasteiger charge is 2.35. The highest BCUT2D eigenvalue weighted by atomic mass is 35.5. The number of nitrogens with zero attached hydrogens (tertiary/aromatic N) is 4. The standard InChI is InChI=1S/C28H35ClFN5O3/c1-28(2,3)31-27(37)34(13-12-33-14-16-38-17-15-33)19-26(36)35-25(20-8-10-21(30)11-9-20)18-24(32-35)22-6-4-5-7-23(22)29/h4-11,25H,12-19H2,1-3H3,(H,31,37)/t25-/m1/s1. The maximum atomic E-state index is 13.7. The number of carbonyl (C=O) groups excluding carboxylic acids is 2. The van der Waals surface area contributed by atoms with E-state index in [9.17, 15) is 14.0 Å². The second-order valence-electron chi connectivity index (χ2n) is 10.6. The molecule has 2 aromatic rings. The second kappa shape index (κ2) is 12.2. The van der Waals surface area contributed by atoms with Crippen molar-refractivity contribution in [2.24, 2.45) is 5.10 Å². The van der Waals surface area contributed by atoms with E-state index in [-0.39, 0.29) is 24.3 Å². The van der Waals surface area contributed by atoms with Gasteiger partial charge in [0, 0.05) is 48.7 Å². The normalized spacial score (nSPS) is 18.3. The summed E-state index contributed by atoms with van der Waals surface area (Å²) in [5.74, 6) is -0.683. The van der Waals surface area contributed by atoms with Gasteiger partial charge in [0.1, 0.15) is 12.4 Å². The molecule has 8 nitrogen and oxygen atoms in total. The van der Waals surface area contributed by atoms with Crippen LogP contribution in [0.1, 0.15) is 44.4 Å². The summed E-state index contributed by atoms with van der Waals surface area (Å²) < 4.78 is 19.1. The van der Waals surface area contributed by atoms with Gasteiger partial charge < -0.3 is 15.0 Å². The molecular weight excluding hydrogens is 509 g/mol. The van der Waals surface area contributed by atoms with Crippen LogP contribution in [0, 0.1) is 5.82 Å². The summed E-state index contributed by atoms with van der Waals surface area (Å²) >= 11 is 6.44. The Morgan fingerprint density at radius 3 is 2.47 bits per heavy atom. The molecular formula is C28H35ClFN5O3. The molecule has 2 aliphatic heterocycles. The van der Waals surface area contributed by atoms with Crippen LogP contribution in [0.5, 0.6) is 0 Å². The topological polar surface area (TPSA) is 77.5 Å². The average molecular weight is 544 g/mol. The quantitative estimate of drug-likeness (QED) is 0.565. The number of carbonyl (C=O) groups is 2. The predicted octanol–water partition coefficient (Wildman–Crippen LogP) is 4.30. The molecule has 1 saturated heterocycles. The predicted molar refractivity (Wildman–Crippen MR) is 146 cm³/mol. The first-order valence-electron chi connectivity index (χ1n) is 12.9. The molecule has 2 heterocycles. The van der Waals surface area contributed by atoms with Crippen LogP contribution in [0.3, 0.4) is 0 Å². The molecule has 38 heavy (non-hydrogen) atoms. The van der Waals surface area contributed by atoms with E-state index in [0.29, 0.717) is 43.5 Å². The third-order valence-corrected chi connectivity index (χ3v) is 6.82. The lowest BCUT2D eigenvalue weighted by Crippen LogP contribution is -2.53. The zero-order valence-electron chi connectivity index (χ0n) is 22.1. The first-order chi connectivity index (χ1) is 18.1. The fourth-order valence-electron chi connectivity index (χ4n) is 4.52. The summed E-state index contributed by atoms with van der Waals surface area (Å²) in [5, 5.41) is 9.60. The number of hydrogen-bond donors (Lipinski definition) is 1. The Kier molecular flexibility index (Phi) is 9.02. The molecule has 204 valence electrons. The number of urea groups is 1. The van der Waals surface area contributed by atoms with E-state index in [0.717, 1.165) is 24.2 Å². The van der Waals surface area contributed by atoms with Crippen molar-refractivity contribution in [2.45, 2.75) is 38.8 Å². The third kappa shape index (κ3) is 7.30. The first kappa shape index (κ1) is 28.0. The molecule has 10 heteroatoms. The Labute approximate surface area is 228 Å². The van der Waals surface area contributed by atoms with Crippen LogP contribution in [-0.2, 0) is 9.53 Å². The third-order valence-electron chi connectivity index (χ3n) is 6.49. The van der Waals surface area contributed by atoms with Crippen molar-refractivity contribution in [3.05, 3.63) is 70.5 Å². The van der Waals surface area contributed by atoms with Gasteiger partial charge in [-0.3, -0.25) is 9.69 Å². The number of nitrogens with one attached hydrogen (secondary N) is 1. The van der Waals surface area contributed by atoms with Crippen molar-refractivity contribution in [2.75, 3.05) is 45.9 Å². The SMILES string of the molecule is CC(C)(C)NC(=O)N(CCN1CCOCC1)CC(=O)N1N=C(c2ccccc2Cl)C[C@@H]1c1ccc(F)cc1. The van der Waals surface area contributed by atoms with Crippen LogP contribution in [0.25, 0.3) is 0 Å². The van der Waals surface area contributed by atoms with Crippen LogP contribution in [0.2, 0.25) is 5.02 Å². The molecule has 0 bridgehead atoms. The smallest absolute Gasteiger partial charge is 0.318 e. The van der Waals surface area contributed by atoms with Crippen LogP contribution < -0.4 is 5.32 Å². The van der Waals surface area contributed by atoms with E-state index >= 15 is 0 Å². The van der Waals surface area contributed by atoms with Gasteiger partial charge in [0.25, 0.3) is 5.91 Å². The highest BCUT2D eigenvalue weighted by molar-refractivity contribution is 6.34. The molecule has 0 unspecified atom stereocenters. The number of ether oxygens (including phenoxy) is 1. The largest absolute Gasteiger partial charge is 0.379 e. The van der Waals surface area contributed by atoms with Crippen molar-refractivity contribution in [3.8, 4) is 0 Å². The van der Waals surface area contributed by atoms with Gasteiger partial charge in [-0.05, 0) is 44.5 Å². The van der Waals surface area contributed by atoms with E-state index < -0.39 is 11.6 Å². The summed E-state index contributed by atoms with van der Waals surface area (Å²) in [7, 11) is 0. The Bertz CT molecular complexity index is 1160. The minimum Gasteiger partial charge on any atom is -0.379 e. The first-order valence-corrected chi connectivity index (χ1v) is 13.3. The molecule has 1 N–H and O–H groups in total. The lowest BCUT2D eigenvalue weighted by Gasteiger charge is -2.32. The molecule has 3 amide bonds. The summed E-state index contributed by atoms with van der Waals surface area (Å²) in [6, 6.07) is 12.7. The number of morpholine rings is 1. The van der Waals surface area contributed by atoms with Gasteiger partial charge in [0.15, 0.2) is 0 Å². The monoisotopic (exact) mass is 543 g/mol. The van der Waals surface area contributed by atoms with Crippen LogP contribution in [0.4, 0.5) is 9.18 Å². The Balaban J connectivity index is 1.58. The van der Waals surface area contributed by atoms with Gasteiger partial charge in [-0.15, -0.1) is 0 Å². The number of benzene rings is 2. The fourth-order valence-corrected chi connectivity index (χ4v) is 4.76. The van der Waals surface area contributed by atoms with E-state index in [1.54, 1.807) is 18.2 Å². The second-order valence-corrected chi connectivity index (χ2v) is 11.0. The maximum Gasteiger partial charge on any atom is 0.318 e. The molecule has 0 aliphatic carbocycles. The average Bonchev–Trinajstić information content (AvgIpc) is 3.32. The van der Waals surface area contributed by atoms with Crippen molar-refractivity contribution in [1.29, 1.82) is 0 Å². The molecule has 0 saturated carbocycles. The number of amides is 3. The fraction of sp³-hybridized carbons (Fsp3) is 0.464. The summed E-state index contributed by atoms with van der Waals surface area (Å²) in [5.41, 5.74) is 1.70. The van der Waals surface area contributed by atoms with Gasteiger partial charge in [-0.1, -0.05) is 41.9 Å². The number of hydrogen-bond acceptors (Lipinski definition) is 5. The van der Waals surface area contributed by atoms with Crippen LogP contribution in [0.15, 0.2) is 53.6 Å². The van der Waals surface area contributed by atoms with E-state index in [4.69, 9.17) is 16.3 Å². The molecule has 2 aromatic carbocycles. The molecule has 4 rings (SSSR count). The van der Waals surface area contributed by atoms with Gasteiger partial charge >= 0.3 is 6.03 Å². The Hall–Kier alpha value is -3.01. The number of halogens is 2. The van der Waals surface area contributed by atoms with Crippen molar-refractivity contribution in [3.63, 3.8) is 0 Å². The Morgan fingerprint density at radius 1 is 1.13 bits per heavy atom. The maximum absolute atomic E-state index is 13.7. The van der Waals surface area contributed by atoms with E-state index in [1.165, 1.54) is 22.0 Å². The van der Waals surface area contributed by atoms with Crippen LogP contribution in [-0.4, -0.2) is 83.9 Å². The Morgan fingerprint density at radius 2 is 1.82 bits per heavy atom. The molecule has 1 atom stereocenters. The molecule has 0 aromatic heterocycles. The highest BCUT2D eigenvalue weighted by Crippen LogP contribution is 2.34. The van der Waals surface area contributed by atoms with E-state index in [1.807, 2.05) is 39.0 Å². The summed E-state index contributed by atoms with van der Waals surface area (Å²) in [4.78, 5) is 30.7. The molecule has 2 aliphatic rings. The van der Waals surface area contributed by atoms with Crippen molar-refractivity contribution >= 4 is 29.3 Å². The summed E-state index contributed by atoms with van der Waals surface area (Å²) in [6.45, 7) is 9.43. The van der Waals surface area contributed by atoms with E-state index in [2.05, 4.69) is 15.3 Å². The lowest BCUT2D eigenvalue weighted by atomic mass is 9.98. The number of rotatable bonds is 7. The minimum atomic E-state index is -0.461. The van der Waals surface area contributed by atoms with Crippen molar-refractivity contribution in [1.82, 2.24) is 20.1 Å². The summed E-state index contributed by atoms with van der Waals surface area (Å²) in [6.07, 6.45) is 0.420. The van der Waals surface area contributed by atoms with Gasteiger partial charge in [-0.2, -0.15) is 5.10 Å². The molecule has 0 radical (unpaired) electrons. The lowest BCUT2D eigenvalue weighted by molar-refractivity contribution is -0.133. The molecule has 1 fully saturated rings. The van der Waals surface area contributed by atoms with Crippen LogP contribution >= 0.6 is 11.6 Å². The molecule has 0 spiro atoms. The zero-order valence-corrected chi connectivity index (χ0v) is 22.9. The number of hydrazone groups is 1. The van der Waals surface area contributed by atoms with Gasteiger partial charge in [0.2, 0.25) is 0 Å². The van der Waals surface area contributed by atoms with Crippen molar-refractivity contribution < 1.29 is 18.7 Å². The minimum absolute atomic E-state index is 0.150. The zero-order chi connectivity index (χ0) is 27.3. The van der Waals surface area contributed by atoms with Gasteiger partial charge in [0.05, 0.1) is 25.0 Å².